The molecule has 0 bridgehead atoms. The summed E-state index contributed by atoms with van der Waals surface area (Å²) >= 11 is 7.55. The van der Waals surface area contributed by atoms with Crippen molar-refractivity contribution in [2.24, 2.45) is 0 Å². The number of halogens is 1. The summed E-state index contributed by atoms with van der Waals surface area (Å²) in [5.74, 6) is 0.787. The standard InChI is InChI=1S/C13H14ClN3OS/c1-3-17-7(2)12-8(9-4-5-10(14)19-9)6-11(18)15-13(12)16-17/h4-5,8H,3,6H2,1-2H3,(H,15,16,18). The number of hydrogen-bond donors (Lipinski definition) is 1. The Bertz CT molecular complexity index is 646. The summed E-state index contributed by atoms with van der Waals surface area (Å²) in [7, 11) is 0. The molecule has 0 fully saturated rings. The predicted molar refractivity (Wildman–Crippen MR) is 77.1 cm³/mol. The van der Waals surface area contributed by atoms with E-state index in [9.17, 15) is 4.79 Å². The summed E-state index contributed by atoms with van der Waals surface area (Å²) in [6, 6.07) is 3.89. The molecule has 100 valence electrons. The van der Waals surface area contributed by atoms with Crippen LogP contribution in [0.5, 0.6) is 0 Å². The van der Waals surface area contributed by atoms with Crippen LogP contribution < -0.4 is 5.32 Å². The fourth-order valence-corrected chi connectivity index (χ4v) is 3.78. The van der Waals surface area contributed by atoms with E-state index in [1.165, 1.54) is 11.3 Å². The van der Waals surface area contributed by atoms with Gasteiger partial charge in [0.2, 0.25) is 5.91 Å². The van der Waals surface area contributed by atoms with Crippen molar-refractivity contribution in [1.29, 1.82) is 0 Å². The minimum Gasteiger partial charge on any atom is -0.309 e. The zero-order valence-corrected chi connectivity index (χ0v) is 12.3. The fraction of sp³-hybridized carbons (Fsp3) is 0.385. The van der Waals surface area contributed by atoms with E-state index in [2.05, 4.69) is 17.3 Å². The number of aryl methyl sites for hydroxylation is 1. The van der Waals surface area contributed by atoms with E-state index < -0.39 is 0 Å². The Morgan fingerprint density at radius 1 is 1.58 bits per heavy atom. The second-order valence-corrected chi connectivity index (χ2v) is 6.36. The Kier molecular flexibility index (Phi) is 3.11. The van der Waals surface area contributed by atoms with E-state index >= 15 is 0 Å². The number of nitrogens with zero attached hydrogens (tertiary/aromatic N) is 2. The lowest BCUT2D eigenvalue weighted by Crippen LogP contribution is -2.22. The van der Waals surface area contributed by atoms with Gasteiger partial charge < -0.3 is 5.32 Å². The van der Waals surface area contributed by atoms with E-state index in [0.29, 0.717) is 12.2 Å². The van der Waals surface area contributed by atoms with Gasteiger partial charge in [0.1, 0.15) is 0 Å². The maximum atomic E-state index is 11.8. The summed E-state index contributed by atoms with van der Waals surface area (Å²) in [6.45, 7) is 4.89. The number of thiophene rings is 1. The molecule has 0 radical (unpaired) electrons. The molecule has 1 atom stereocenters. The molecule has 0 aromatic carbocycles. The Morgan fingerprint density at radius 2 is 2.37 bits per heavy atom. The molecule has 1 N–H and O–H groups in total. The first kappa shape index (κ1) is 12.7. The van der Waals surface area contributed by atoms with Gasteiger partial charge in [-0.2, -0.15) is 5.10 Å². The average Bonchev–Trinajstić information content (AvgIpc) is 2.93. The fourth-order valence-electron chi connectivity index (χ4n) is 2.61. The van der Waals surface area contributed by atoms with Crippen LogP contribution >= 0.6 is 22.9 Å². The van der Waals surface area contributed by atoms with E-state index in [1.807, 2.05) is 23.7 Å². The smallest absolute Gasteiger partial charge is 0.226 e. The Labute approximate surface area is 120 Å². The number of carbonyl (C=O) groups is 1. The molecule has 0 spiro atoms. The van der Waals surface area contributed by atoms with Crippen molar-refractivity contribution in [3.8, 4) is 0 Å². The highest BCUT2D eigenvalue weighted by atomic mass is 35.5. The van der Waals surface area contributed by atoms with Crippen molar-refractivity contribution in [1.82, 2.24) is 9.78 Å². The number of fused-ring (bicyclic) bond motifs is 1. The summed E-state index contributed by atoms with van der Waals surface area (Å²) in [6.07, 6.45) is 0.458. The Hall–Kier alpha value is -1.33. The minimum absolute atomic E-state index is 0.0165. The van der Waals surface area contributed by atoms with Crippen LogP contribution in [0.15, 0.2) is 12.1 Å². The van der Waals surface area contributed by atoms with Gasteiger partial charge in [-0.3, -0.25) is 9.48 Å². The topological polar surface area (TPSA) is 46.9 Å². The van der Waals surface area contributed by atoms with Crippen LogP contribution in [0.25, 0.3) is 0 Å². The molecular weight excluding hydrogens is 282 g/mol. The molecule has 2 aromatic rings. The number of carbonyl (C=O) groups excluding carboxylic acids is 1. The lowest BCUT2D eigenvalue weighted by Gasteiger charge is -2.21. The van der Waals surface area contributed by atoms with Crippen LogP contribution in [0.3, 0.4) is 0 Å². The second kappa shape index (κ2) is 4.65. The summed E-state index contributed by atoms with van der Waals surface area (Å²) in [5.41, 5.74) is 2.24. The molecule has 0 aliphatic carbocycles. The van der Waals surface area contributed by atoms with Gasteiger partial charge in [0.25, 0.3) is 0 Å². The summed E-state index contributed by atoms with van der Waals surface area (Å²) in [5, 5.41) is 7.32. The second-order valence-electron chi connectivity index (χ2n) is 4.61. The van der Waals surface area contributed by atoms with Crippen LogP contribution in [0.1, 0.15) is 35.4 Å². The molecule has 0 saturated heterocycles. The largest absolute Gasteiger partial charge is 0.309 e. The molecule has 2 aromatic heterocycles. The molecular formula is C13H14ClN3OS. The molecule has 1 unspecified atom stereocenters. The van der Waals surface area contributed by atoms with Gasteiger partial charge >= 0.3 is 0 Å². The first-order chi connectivity index (χ1) is 9.10. The quantitative estimate of drug-likeness (QED) is 0.923. The molecule has 1 amide bonds. The Morgan fingerprint density at radius 3 is 3.00 bits per heavy atom. The normalized spacial score (nSPS) is 18.3. The van der Waals surface area contributed by atoms with Crippen molar-refractivity contribution >= 4 is 34.7 Å². The third kappa shape index (κ3) is 2.07. The summed E-state index contributed by atoms with van der Waals surface area (Å²) < 4.78 is 2.68. The number of amides is 1. The van der Waals surface area contributed by atoms with Crippen LogP contribution in [-0.4, -0.2) is 15.7 Å². The molecule has 4 nitrogen and oxygen atoms in total. The predicted octanol–water partition coefficient (Wildman–Crippen LogP) is 3.40. The van der Waals surface area contributed by atoms with Crippen LogP contribution in [0, 0.1) is 6.92 Å². The van der Waals surface area contributed by atoms with Gasteiger partial charge in [-0.05, 0) is 26.0 Å². The average molecular weight is 296 g/mol. The zero-order chi connectivity index (χ0) is 13.6. The third-order valence-electron chi connectivity index (χ3n) is 3.49. The molecule has 3 rings (SSSR count). The van der Waals surface area contributed by atoms with Gasteiger partial charge in [-0.15, -0.1) is 11.3 Å². The van der Waals surface area contributed by atoms with Gasteiger partial charge in [-0.1, -0.05) is 11.6 Å². The first-order valence-corrected chi connectivity index (χ1v) is 7.42. The minimum atomic E-state index is 0.0165. The number of hydrogen-bond acceptors (Lipinski definition) is 3. The van der Waals surface area contributed by atoms with Crippen molar-refractivity contribution in [3.63, 3.8) is 0 Å². The maximum Gasteiger partial charge on any atom is 0.226 e. The van der Waals surface area contributed by atoms with E-state index in [-0.39, 0.29) is 11.8 Å². The highest BCUT2D eigenvalue weighted by Crippen LogP contribution is 2.41. The highest BCUT2D eigenvalue weighted by Gasteiger charge is 2.32. The SMILES string of the molecule is CCn1nc2c(c1C)C(c1ccc(Cl)s1)CC(=O)N2. The van der Waals surface area contributed by atoms with Crippen LogP contribution in [-0.2, 0) is 11.3 Å². The van der Waals surface area contributed by atoms with Gasteiger partial charge in [0, 0.05) is 35.0 Å². The molecule has 6 heteroatoms. The van der Waals surface area contributed by atoms with E-state index in [0.717, 1.165) is 27.0 Å². The van der Waals surface area contributed by atoms with Crippen LogP contribution in [0.4, 0.5) is 5.82 Å². The summed E-state index contributed by atoms with van der Waals surface area (Å²) in [4.78, 5) is 13.0. The third-order valence-corrected chi connectivity index (χ3v) is 4.83. The molecule has 19 heavy (non-hydrogen) atoms. The Balaban J connectivity index is 2.13. The van der Waals surface area contributed by atoms with Crippen molar-refractivity contribution in [3.05, 3.63) is 32.6 Å². The molecule has 1 aliphatic rings. The maximum absolute atomic E-state index is 11.8. The number of anilines is 1. The molecule has 0 saturated carbocycles. The van der Waals surface area contributed by atoms with Gasteiger partial charge in [-0.25, -0.2) is 0 Å². The molecule has 3 heterocycles. The number of aromatic nitrogens is 2. The van der Waals surface area contributed by atoms with Gasteiger partial charge in [0.15, 0.2) is 5.82 Å². The van der Waals surface area contributed by atoms with Crippen LogP contribution in [0.2, 0.25) is 4.34 Å². The van der Waals surface area contributed by atoms with Crippen molar-refractivity contribution < 1.29 is 4.79 Å². The monoisotopic (exact) mass is 295 g/mol. The zero-order valence-electron chi connectivity index (χ0n) is 10.7. The number of rotatable bonds is 2. The first-order valence-electron chi connectivity index (χ1n) is 6.22. The lowest BCUT2D eigenvalue weighted by molar-refractivity contribution is -0.116. The number of nitrogens with one attached hydrogen (secondary N) is 1. The highest BCUT2D eigenvalue weighted by molar-refractivity contribution is 7.16. The van der Waals surface area contributed by atoms with Gasteiger partial charge in [0.05, 0.1) is 4.34 Å². The molecule has 1 aliphatic heterocycles. The van der Waals surface area contributed by atoms with E-state index in [1.54, 1.807) is 0 Å². The lowest BCUT2D eigenvalue weighted by atomic mass is 9.91. The van der Waals surface area contributed by atoms with E-state index in [4.69, 9.17) is 11.6 Å². The van der Waals surface area contributed by atoms with Crippen molar-refractivity contribution in [2.75, 3.05) is 5.32 Å². The van der Waals surface area contributed by atoms with Crippen molar-refractivity contribution in [2.45, 2.75) is 32.7 Å².